The van der Waals surface area contributed by atoms with Gasteiger partial charge in [-0.1, -0.05) is 26.2 Å². The van der Waals surface area contributed by atoms with Gasteiger partial charge in [-0.05, 0) is 39.3 Å². The minimum absolute atomic E-state index is 0.242. The first-order chi connectivity index (χ1) is 8.55. The van der Waals surface area contributed by atoms with Gasteiger partial charge in [-0.3, -0.25) is 0 Å². The maximum Gasteiger partial charge on any atom is 0.211 e. The van der Waals surface area contributed by atoms with Gasteiger partial charge in [0.25, 0.3) is 0 Å². The Bertz CT molecular complexity index is 311. The molecular weight excluding hydrogens is 248 g/mol. The Labute approximate surface area is 112 Å². The second-order valence-electron chi connectivity index (χ2n) is 5.34. The van der Waals surface area contributed by atoms with E-state index in [0.29, 0.717) is 19.0 Å². The Morgan fingerprint density at radius 1 is 1.22 bits per heavy atom. The van der Waals surface area contributed by atoms with Crippen LogP contribution in [0.5, 0.6) is 0 Å². The van der Waals surface area contributed by atoms with Gasteiger partial charge in [0.15, 0.2) is 0 Å². The van der Waals surface area contributed by atoms with Gasteiger partial charge < -0.3 is 4.90 Å². The number of hydrogen-bond acceptors (Lipinski definition) is 3. The highest BCUT2D eigenvalue weighted by atomic mass is 32.2. The summed E-state index contributed by atoms with van der Waals surface area (Å²) in [5, 5.41) is 0. The average Bonchev–Trinajstić information content (AvgIpc) is 2.35. The lowest BCUT2D eigenvalue weighted by molar-refractivity contribution is 0.190. The molecule has 5 heteroatoms. The molecule has 0 saturated heterocycles. The minimum atomic E-state index is -3.02. The van der Waals surface area contributed by atoms with E-state index in [0.717, 1.165) is 13.0 Å². The Balaban J connectivity index is 2.13. The second kappa shape index (κ2) is 8.12. The van der Waals surface area contributed by atoms with Gasteiger partial charge >= 0.3 is 0 Å². The molecule has 0 radical (unpaired) electrons. The fourth-order valence-corrected chi connectivity index (χ4v) is 3.74. The zero-order valence-electron chi connectivity index (χ0n) is 11.8. The third-order valence-corrected chi connectivity index (χ3v) is 5.27. The van der Waals surface area contributed by atoms with Crippen molar-refractivity contribution in [2.24, 2.45) is 0 Å². The van der Waals surface area contributed by atoms with Crippen molar-refractivity contribution < 1.29 is 8.42 Å². The number of hydrogen-bond donors (Lipinski definition) is 1. The van der Waals surface area contributed by atoms with Gasteiger partial charge in [-0.15, -0.1) is 0 Å². The standard InChI is InChI=1S/C13H28N2O2S/c1-3-12-18(16,17)14-10-7-11-15(2)13-8-5-4-6-9-13/h13-14H,3-12H2,1-2H3. The van der Waals surface area contributed by atoms with Crippen molar-refractivity contribution >= 4 is 10.0 Å². The topological polar surface area (TPSA) is 49.4 Å². The molecule has 0 spiro atoms. The Hall–Kier alpha value is -0.130. The van der Waals surface area contributed by atoms with Crippen molar-refractivity contribution in [1.29, 1.82) is 0 Å². The number of sulfonamides is 1. The van der Waals surface area contributed by atoms with Gasteiger partial charge in [0.2, 0.25) is 10.0 Å². The maximum absolute atomic E-state index is 11.5. The zero-order valence-corrected chi connectivity index (χ0v) is 12.6. The van der Waals surface area contributed by atoms with Crippen molar-refractivity contribution in [2.75, 3.05) is 25.9 Å². The minimum Gasteiger partial charge on any atom is -0.303 e. The molecule has 0 aliphatic heterocycles. The Morgan fingerprint density at radius 3 is 2.50 bits per heavy atom. The monoisotopic (exact) mass is 276 g/mol. The lowest BCUT2D eigenvalue weighted by atomic mass is 9.94. The smallest absolute Gasteiger partial charge is 0.211 e. The Kier molecular flexibility index (Phi) is 7.19. The van der Waals surface area contributed by atoms with Crippen LogP contribution < -0.4 is 4.72 Å². The van der Waals surface area contributed by atoms with Gasteiger partial charge in [0.05, 0.1) is 5.75 Å². The van der Waals surface area contributed by atoms with Crippen LogP contribution in [0.4, 0.5) is 0 Å². The van der Waals surface area contributed by atoms with Gasteiger partial charge in [-0.25, -0.2) is 13.1 Å². The van der Waals surface area contributed by atoms with E-state index in [1.54, 1.807) is 0 Å². The van der Waals surface area contributed by atoms with E-state index in [9.17, 15) is 8.42 Å². The quantitative estimate of drug-likeness (QED) is 0.690. The van der Waals surface area contributed by atoms with Crippen LogP contribution in [0.3, 0.4) is 0 Å². The summed E-state index contributed by atoms with van der Waals surface area (Å²) in [5.41, 5.74) is 0. The molecule has 1 rings (SSSR count). The summed E-state index contributed by atoms with van der Waals surface area (Å²) in [5.74, 6) is 0.242. The van der Waals surface area contributed by atoms with Gasteiger partial charge in [0.1, 0.15) is 0 Å². The molecule has 4 nitrogen and oxygen atoms in total. The molecule has 0 aromatic rings. The summed E-state index contributed by atoms with van der Waals surface area (Å²) in [7, 11) is -0.860. The first-order valence-electron chi connectivity index (χ1n) is 7.22. The maximum atomic E-state index is 11.5. The second-order valence-corrected chi connectivity index (χ2v) is 7.27. The molecule has 0 aromatic heterocycles. The molecule has 0 heterocycles. The van der Waals surface area contributed by atoms with E-state index in [-0.39, 0.29) is 5.75 Å². The number of nitrogens with one attached hydrogen (secondary N) is 1. The van der Waals surface area contributed by atoms with Crippen molar-refractivity contribution in [3.63, 3.8) is 0 Å². The summed E-state index contributed by atoms with van der Waals surface area (Å²) < 4.78 is 25.6. The van der Waals surface area contributed by atoms with Crippen molar-refractivity contribution in [3.05, 3.63) is 0 Å². The molecule has 18 heavy (non-hydrogen) atoms. The fraction of sp³-hybridized carbons (Fsp3) is 1.00. The molecule has 0 unspecified atom stereocenters. The predicted molar refractivity (Wildman–Crippen MR) is 76.2 cm³/mol. The molecule has 108 valence electrons. The van der Waals surface area contributed by atoms with Crippen molar-refractivity contribution in [3.8, 4) is 0 Å². The SMILES string of the molecule is CCCS(=O)(=O)NCCCN(C)C1CCCCC1. The van der Waals surface area contributed by atoms with Crippen LogP contribution >= 0.6 is 0 Å². The molecule has 0 bridgehead atoms. The summed E-state index contributed by atoms with van der Waals surface area (Å²) in [4.78, 5) is 2.40. The van der Waals surface area contributed by atoms with Crippen LogP contribution in [-0.2, 0) is 10.0 Å². The normalized spacial score (nSPS) is 18.4. The first-order valence-corrected chi connectivity index (χ1v) is 8.88. The molecule has 1 aliphatic carbocycles. The highest BCUT2D eigenvalue weighted by Crippen LogP contribution is 2.21. The third-order valence-electron chi connectivity index (χ3n) is 3.68. The van der Waals surface area contributed by atoms with Gasteiger partial charge in [-0.2, -0.15) is 0 Å². The van der Waals surface area contributed by atoms with E-state index >= 15 is 0 Å². The molecule has 0 atom stereocenters. The van der Waals surface area contributed by atoms with Crippen LogP contribution in [0.15, 0.2) is 0 Å². The van der Waals surface area contributed by atoms with Crippen LogP contribution in [0, 0.1) is 0 Å². The summed E-state index contributed by atoms with van der Waals surface area (Å²) >= 11 is 0. The number of rotatable bonds is 8. The summed E-state index contributed by atoms with van der Waals surface area (Å²) in [6, 6.07) is 0.714. The van der Waals surface area contributed by atoms with E-state index in [1.165, 1.54) is 32.1 Å². The lowest BCUT2D eigenvalue weighted by Gasteiger charge is -2.31. The van der Waals surface area contributed by atoms with Crippen molar-refractivity contribution in [1.82, 2.24) is 9.62 Å². The average molecular weight is 276 g/mol. The lowest BCUT2D eigenvalue weighted by Crippen LogP contribution is -2.36. The van der Waals surface area contributed by atoms with Crippen LogP contribution in [0.1, 0.15) is 51.9 Å². The highest BCUT2D eigenvalue weighted by Gasteiger charge is 2.17. The van der Waals surface area contributed by atoms with Gasteiger partial charge in [0, 0.05) is 12.6 Å². The van der Waals surface area contributed by atoms with Crippen LogP contribution in [0.2, 0.25) is 0 Å². The Morgan fingerprint density at radius 2 is 1.89 bits per heavy atom. The summed E-state index contributed by atoms with van der Waals surface area (Å²) in [6.45, 7) is 3.44. The van der Waals surface area contributed by atoms with E-state index in [2.05, 4.69) is 16.7 Å². The number of nitrogens with zero attached hydrogens (tertiary/aromatic N) is 1. The van der Waals surface area contributed by atoms with E-state index in [4.69, 9.17) is 0 Å². The third kappa shape index (κ3) is 6.16. The largest absolute Gasteiger partial charge is 0.303 e. The fourth-order valence-electron chi connectivity index (χ4n) is 2.60. The molecule has 0 amide bonds. The van der Waals surface area contributed by atoms with Crippen LogP contribution in [-0.4, -0.2) is 45.2 Å². The predicted octanol–water partition coefficient (Wildman–Crippen LogP) is 1.97. The zero-order chi connectivity index (χ0) is 13.4. The molecular formula is C13H28N2O2S. The first kappa shape index (κ1) is 15.9. The van der Waals surface area contributed by atoms with Crippen molar-refractivity contribution in [2.45, 2.75) is 57.9 Å². The highest BCUT2D eigenvalue weighted by molar-refractivity contribution is 7.89. The molecule has 1 saturated carbocycles. The molecule has 0 aromatic carbocycles. The van der Waals surface area contributed by atoms with E-state index < -0.39 is 10.0 Å². The summed E-state index contributed by atoms with van der Waals surface area (Å²) in [6.07, 6.45) is 8.25. The molecule has 1 fully saturated rings. The van der Waals surface area contributed by atoms with E-state index in [1.807, 2.05) is 6.92 Å². The van der Waals surface area contributed by atoms with Crippen LogP contribution in [0.25, 0.3) is 0 Å². The molecule has 1 aliphatic rings. The molecule has 1 N–H and O–H groups in total.